The summed E-state index contributed by atoms with van der Waals surface area (Å²) in [5, 5.41) is 11.5. The number of urea groups is 1. The van der Waals surface area contributed by atoms with Gasteiger partial charge in [0.15, 0.2) is 0 Å². The predicted molar refractivity (Wildman–Crippen MR) is 70.2 cm³/mol. The molecule has 2 saturated heterocycles. The number of nitrogens with one attached hydrogen (secondary N) is 1. The molecule has 2 aliphatic rings. The number of amides is 3. The van der Waals surface area contributed by atoms with Gasteiger partial charge in [0, 0.05) is 39.8 Å². The van der Waals surface area contributed by atoms with Gasteiger partial charge in [-0.2, -0.15) is 0 Å². The van der Waals surface area contributed by atoms with Gasteiger partial charge in [0.1, 0.15) is 6.04 Å². The minimum absolute atomic E-state index is 0.00135. The highest BCUT2D eigenvalue weighted by Gasteiger charge is 2.32. The Bertz CT molecular complexity index is 406. The van der Waals surface area contributed by atoms with Crippen LogP contribution < -0.4 is 5.32 Å². The molecule has 2 N–H and O–H groups in total. The third-order valence-electron chi connectivity index (χ3n) is 3.74. The summed E-state index contributed by atoms with van der Waals surface area (Å²) in [5.41, 5.74) is 0. The van der Waals surface area contributed by atoms with E-state index in [4.69, 9.17) is 5.11 Å². The van der Waals surface area contributed by atoms with Crippen LogP contribution in [0.1, 0.15) is 6.42 Å². The fourth-order valence-electron chi connectivity index (χ4n) is 2.50. The van der Waals surface area contributed by atoms with E-state index in [1.807, 2.05) is 0 Å². The Morgan fingerprint density at radius 3 is 2.40 bits per heavy atom. The highest BCUT2D eigenvalue weighted by atomic mass is 16.4. The molecule has 0 spiro atoms. The summed E-state index contributed by atoms with van der Waals surface area (Å²) in [6, 6.07) is -0.668. The lowest BCUT2D eigenvalue weighted by Crippen LogP contribution is -2.55. The van der Waals surface area contributed by atoms with Crippen molar-refractivity contribution in [2.24, 2.45) is 0 Å². The van der Waals surface area contributed by atoms with Crippen LogP contribution in [0.2, 0.25) is 0 Å². The molecule has 0 aromatic rings. The number of aliphatic carboxylic acids is 1. The van der Waals surface area contributed by atoms with E-state index < -0.39 is 12.0 Å². The van der Waals surface area contributed by atoms with E-state index >= 15 is 0 Å². The van der Waals surface area contributed by atoms with E-state index in [1.54, 1.807) is 21.7 Å². The van der Waals surface area contributed by atoms with Crippen LogP contribution in [0.15, 0.2) is 0 Å². The van der Waals surface area contributed by atoms with E-state index in [0.29, 0.717) is 39.1 Å². The fraction of sp³-hybridized carbons (Fsp3) is 0.750. The molecule has 0 radical (unpaired) electrons. The van der Waals surface area contributed by atoms with Crippen LogP contribution in [0.3, 0.4) is 0 Å². The van der Waals surface area contributed by atoms with E-state index in [0.717, 1.165) is 0 Å². The summed E-state index contributed by atoms with van der Waals surface area (Å²) in [4.78, 5) is 39.4. The average molecular weight is 284 g/mol. The molecule has 2 fully saturated rings. The van der Waals surface area contributed by atoms with Crippen molar-refractivity contribution in [3.63, 3.8) is 0 Å². The quantitative estimate of drug-likeness (QED) is 0.667. The molecule has 20 heavy (non-hydrogen) atoms. The summed E-state index contributed by atoms with van der Waals surface area (Å²) in [6.07, 6.45) is 0.639. The van der Waals surface area contributed by atoms with Crippen LogP contribution in [-0.2, 0) is 9.59 Å². The summed E-state index contributed by atoms with van der Waals surface area (Å²) in [5.74, 6) is -0.912. The zero-order valence-corrected chi connectivity index (χ0v) is 11.5. The molecule has 8 heteroatoms. The van der Waals surface area contributed by atoms with Crippen molar-refractivity contribution in [2.45, 2.75) is 12.5 Å². The number of nitrogens with zero attached hydrogens (tertiary/aromatic N) is 3. The highest BCUT2D eigenvalue weighted by molar-refractivity contribution is 5.88. The maximum absolute atomic E-state index is 12.0. The largest absolute Gasteiger partial charge is 0.480 e. The zero-order valence-electron chi connectivity index (χ0n) is 11.5. The Morgan fingerprint density at radius 2 is 1.90 bits per heavy atom. The Labute approximate surface area is 117 Å². The van der Waals surface area contributed by atoms with Gasteiger partial charge in [-0.3, -0.25) is 14.5 Å². The van der Waals surface area contributed by atoms with Crippen molar-refractivity contribution in [1.82, 2.24) is 20.0 Å². The lowest BCUT2D eigenvalue weighted by molar-refractivity contribution is -0.138. The first-order valence-corrected chi connectivity index (χ1v) is 6.72. The SMILES string of the molecule is CN1CCC(NC(=O)N2CCN(CC(=O)O)CC2)C1=O. The number of carbonyl (C=O) groups is 3. The summed E-state index contributed by atoms with van der Waals surface area (Å²) in [6.45, 7) is 2.71. The van der Waals surface area contributed by atoms with Gasteiger partial charge < -0.3 is 20.2 Å². The standard InChI is InChI=1S/C12H20N4O4/c1-14-3-2-9(11(14)19)13-12(20)16-6-4-15(5-7-16)8-10(17)18/h9H,2-8H2,1H3,(H,13,20)(H,17,18). The molecular weight excluding hydrogens is 264 g/mol. The molecule has 0 aromatic carbocycles. The molecule has 1 unspecified atom stereocenters. The lowest BCUT2D eigenvalue weighted by Gasteiger charge is -2.34. The second-order valence-corrected chi connectivity index (χ2v) is 5.21. The molecule has 1 atom stereocenters. The van der Waals surface area contributed by atoms with Gasteiger partial charge in [-0.05, 0) is 6.42 Å². The number of carbonyl (C=O) groups excluding carboxylic acids is 2. The minimum Gasteiger partial charge on any atom is -0.480 e. The smallest absolute Gasteiger partial charge is 0.318 e. The van der Waals surface area contributed by atoms with Gasteiger partial charge in [-0.15, -0.1) is 0 Å². The van der Waals surface area contributed by atoms with Gasteiger partial charge >= 0.3 is 12.0 Å². The first-order chi connectivity index (χ1) is 9.47. The van der Waals surface area contributed by atoms with Crippen LogP contribution in [0.4, 0.5) is 4.79 Å². The van der Waals surface area contributed by atoms with Crippen molar-refractivity contribution in [2.75, 3.05) is 46.3 Å². The molecule has 2 heterocycles. The monoisotopic (exact) mass is 284 g/mol. The van der Waals surface area contributed by atoms with Crippen LogP contribution in [0, 0.1) is 0 Å². The predicted octanol–water partition coefficient (Wildman–Crippen LogP) is -1.37. The lowest BCUT2D eigenvalue weighted by atomic mass is 10.2. The number of piperazine rings is 1. The van der Waals surface area contributed by atoms with Crippen LogP contribution in [0.25, 0.3) is 0 Å². The molecule has 0 aromatic heterocycles. The third kappa shape index (κ3) is 3.38. The van der Waals surface area contributed by atoms with Crippen molar-refractivity contribution in [3.8, 4) is 0 Å². The summed E-state index contributed by atoms with van der Waals surface area (Å²) >= 11 is 0. The molecule has 2 rings (SSSR count). The molecule has 112 valence electrons. The Kier molecular flexibility index (Phi) is 4.43. The summed E-state index contributed by atoms with van der Waals surface area (Å²) in [7, 11) is 1.72. The third-order valence-corrected chi connectivity index (χ3v) is 3.74. The molecule has 0 saturated carbocycles. The number of rotatable bonds is 3. The maximum atomic E-state index is 12.0. The number of hydrogen-bond acceptors (Lipinski definition) is 4. The highest BCUT2D eigenvalue weighted by Crippen LogP contribution is 2.09. The number of carboxylic acids is 1. The van der Waals surface area contributed by atoms with Gasteiger partial charge in [0.25, 0.3) is 0 Å². The minimum atomic E-state index is -0.859. The first kappa shape index (κ1) is 14.6. The Balaban J connectivity index is 1.77. The van der Waals surface area contributed by atoms with Crippen molar-refractivity contribution in [1.29, 1.82) is 0 Å². The van der Waals surface area contributed by atoms with Crippen LogP contribution in [0.5, 0.6) is 0 Å². The van der Waals surface area contributed by atoms with Crippen molar-refractivity contribution in [3.05, 3.63) is 0 Å². The number of hydrogen-bond donors (Lipinski definition) is 2. The average Bonchev–Trinajstić information content (AvgIpc) is 2.71. The molecule has 0 bridgehead atoms. The van der Waals surface area contributed by atoms with Gasteiger partial charge in [0.05, 0.1) is 6.54 Å². The number of likely N-dealkylation sites (tertiary alicyclic amines) is 1. The van der Waals surface area contributed by atoms with Crippen molar-refractivity contribution < 1.29 is 19.5 Å². The number of likely N-dealkylation sites (N-methyl/N-ethyl adjacent to an activating group) is 1. The van der Waals surface area contributed by atoms with Gasteiger partial charge in [0.2, 0.25) is 5.91 Å². The first-order valence-electron chi connectivity index (χ1n) is 6.72. The van der Waals surface area contributed by atoms with E-state index in [2.05, 4.69) is 5.32 Å². The van der Waals surface area contributed by atoms with E-state index in [9.17, 15) is 14.4 Å². The second-order valence-electron chi connectivity index (χ2n) is 5.21. The van der Waals surface area contributed by atoms with Gasteiger partial charge in [-0.1, -0.05) is 0 Å². The number of carboxylic acid groups (broad SMARTS) is 1. The van der Waals surface area contributed by atoms with E-state index in [1.165, 1.54) is 0 Å². The summed E-state index contributed by atoms with van der Waals surface area (Å²) < 4.78 is 0. The van der Waals surface area contributed by atoms with Crippen LogP contribution in [-0.4, -0.2) is 90.1 Å². The van der Waals surface area contributed by atoms with Crippen LogP contribution >= 0.6 is 0 Å². The second kappa shape index (κ2) is 6.08. The molecule has 8 nitrogen and oxygen atoms in total. The fourth-order valence-corrected chi connectivity index (χ4v) is 2.50. The molecule has 2 aliphatic heterocycles. The van der Waals surface area contributed by atoms with E-state index in [-0.39, 0.29) is 18.5 Å². The zero-order chi connectivity index (χ0) is 14.7. The Morgan fingerprint density at radius 1 is 1.25 bits per heavy atom. The Hall–Kier alpha value is -1.83. The maximum Gasteiger partial charge on any atom is 0.318 e. The topological polar surface area (TPSA) is 93.2 Å². The molecule has 0 aliphatic carbocycles. The normalized spacial score (nSPS) is 24.1. The molecular formula is C12H20N4O4. The van der Waals surface area contributed by atoms with Gasteiger partial charge in [-0.25, -0.2) is 4.79 Å². The van der Waals surface area contributed by atoms with Crippen molar-refractivity contribution >= 4 is 17.9 Å². The molecule has 3 amide bonds.